The molecule has 1 aliphatic carbocycles. The van der Waals surface area contributed by atoms with Crippen LogP contribution in [0.5, 0.6) is 0 Å². The molecule has 0 aliphatic heterocycles. The van der Waals surface area contributed by atoms with Crippen molar-refractivity contribution in [3.63, 3.8) is 0 Å². The highest BCUT2D eigenvalue weighted by Gasteiger charge is 2.30. The third kappa shape index (κ3) is 2.08. The summed E-state index contributed by atoms with van der Waals surface area (Å²) in [5.74, 6) is 0.538. The van der Waals surface area contributed by atoms with Gasteiger partial charge in [0.1, 0.15) is 0 Å². The van der Waals surface area contributed by atoms with E-state index in [1.807, 2.05) is 19.1 Å². The Kier molecular flexibility index (Phi) is 2.96. The van der Waals surface area contributed by atoms with Crippen molar-refractivity contribution in [2.24, 2.45) is 0 Å². The van der Waals surface area contributed by atoms with Crippen molar-refractivity contribution < 1.29 is 4.79 Å². The van der Waals surface area contributed by atoms with E-state index in [1.165, 1.54) is 24.4 Å². The Hall–Kier alpha value is -1.19. The summed E-state index contributed by atoms with van der Waals surface area (Å²) < 4.78 is 4.15. The van der Waals surface area contributed by atoms with Crippen molar-refractivity contribution in [2.45, 2.75) is 25.7 Å². The van der Waals surface area contributed by atoms with Gasteiger partial charge in [-0.2, -0.15) is 0 Å². The topological polar surface area (TPSA) is 30.0 Å². The summed E-state index contributed by atoms with van der Waals surface area (Å²) in [4.78, 5) is 13.6. The fourth-order valence-corrected chi connectivity index (χ4v) is 3.23. The second kappa shape index (κ2) is 4.48. The maximum atomic E-state index is 12.5. The molecule has 0 saturated heterocycles. The minimum absolute atomic E-state index is 0.00403. The molecule has 2 aromatic rings. The Labute approximate surface area is 115 Å². The van der Waals surface area contributed by atoms with Crippen LogP contribution >= 0.6 is 23.1 Å². The van der Waals surface area contributed by atoms with Crippen molar-refractivity contribution in [1.29, 1.82) is 0 Å². The molecule has 0 atom stereocenters. The van der Waals surface area contributed by atoms with Crippen LogP contribution < -0.4 is 0 Å². The van der Waals surface area contributed by atoms with Crippen molar-refractivity contribution in [1.82, 2.24) is 4.37 Å². The molecule has 1 aliphatic rings. The van der Waals surface area contributed by atoms with E-state index < -0.39 is 0 Å². The van der Waals surface area contributed by atoms with Gasteiger partial charge < -0.3 is 0 Å². The summed E-state index contributed by atoms with van der Waals surface area (Å²) in [6.07, 6.45) is 4.02. The third-order valence-corrected chi connectivity index (χ3v) is 4.43. The Bertz CT molecular complexity index is 616. The molecule has 1 heterocycles. The molecular formula is C14H12ClNOS. The summed E-state index contributed by atoms with van der Waals surface area (Å²) in [6, 6.07) is 5.54. The quantitative estimate of drug-likeness (QED) is 0.787. The van der Waals surface area contributed by atoms with Crippen LogP contribution in [0.3, 0.4) is 0 Å². The number of halogens is 1. The number of nitrogens with zero attached hydrogens (tertiary/aromatic N) is 1. The number of benzene rings is 1. The molecule has 3 rings (SSSR count). The van der Waals surface area contributed by atoms with E-state index in [4.69, 9.17) is 11.6 Å². The first-order valence-corrected chi connectivity index (χ1v) is 7.07. The molecule has 0 spiro atoms. The number of ketones is 1. The van der Waals surface area contributed by atoms with Crippen LogP contribution in [0.1, 0.15) is 45.1 Å². The second-order valence-corrected chi connectivity index (χ2v) is 5.93. The number of aromatic nitrogens is 1. The largest absolute Gasteiger partial charge is 0.288 e. The Balaban J connectivity index is 2.00. The van der Waals surface area contributed by atoms with E-state index in [0.29, 0.717) is 16.5 Å². The Morgan fingerprint density at radius 2 is 2.17 bits per heavy atom. The highest BCUT2D eigenvalue weighted by molar-refractivity contribution is 7.06. The first-order valence-electron chi connectivity index (χ1n) is 5.92. The van der Waals surface area contributed by atoms with Crippen molar-refractivity contribution in [2.75, 3.05) is 0 Å². The Morgan fingerprint density at radius 3 is 2.83 bits per heavy atom. The van der Waals surface area contributed by atoms with Crippen LogP contribution in [0.25, 0.3) is 0 Å². The lowest BCUT2D eigenvalue weighted by Gasteiger charge is -2.04. The second-order valence-electron chi connectivity index (χ2n) is 4.69. The highest BCUT2D eigenvalue weighted by atomic mass is 35.5. The molecule has 0 radical (unpaired) electrons. The van der Waals surface area contributed by atoms with Crippen LogP contribution in [0.2, 0.25) is 5.02 Å². The van der Waals surface area contributed by atoms with Gasteiger partial charge in [-0.25, -0.2) is 4.37 Å². The van der Waals surface area contributed by atoms with Gasteiger partial charge in [0.2, 0.25) is 0 Å². The molecule has 1 fully saturated rings. The van der Waals surface area contributed by atoms with Crippen LogP contribution in [0.15, 0.2) is 24.4 Å². The molecule has 1 aromatic heterocycles. The SMILES string of the molecule is Cc1ccc(C(=O)c2cnsc2C2CC2)c(Cl)c1. The van der Waals surface area contributed by atoms with E-state index in [2.05, 4.69) is 4.37 Å². The average Bonchev–Trinajstić information content (AvgIpc) is 3.06. The van der Waals surface area contributed by atoms with Gasteiger partial charge >= 0.3 is 0 Å². The van der Waals surface area contributed by atoms with Crippen LogP contribution in [0.4, 0.5) is 0 Å². The predicted molar refractivity (Wildman–Crippen MR) is 73.7 cm³/mol. The lowest BCUT2D eigenvalue weighted by atomic mass is 10.0. The molecule has 0 bridgehead atoms. The van der Waals surface area contributed by atoms with Crippen LogP contribution in [-0.4, -0.2) is 10.2 Å². The van der Waals surface area contributed by atoms with Gasteiger partial charge in [-0.05, 0) is 54.9 Å². The first kappa shape index (κ1) is 11.9. The number of carbonyl (C=O) groups excluding carboxylic acids is 1. The smallest absolute Gasteiger partial charge is 0.197 e. The fourth-order valence-electron chi connectivity index (χ4n) is 2.01. The molecule has 1 aromatic carbocycles. The van der Waals surface area contributed by atoms with E-state index in [1.54, 1.807) is 12.3 Å². The summed E-state index contributed by atoms with van der Waals surface area (Å²) in [5, 5.41) is 0.521. The Morgan fingerprint density at radius 1 is 1.39 bits per heavy atom. The van der Waals surface area contributed by atoms with Crippen molar-refractivity contribution in [3.05, 3.63) is 51.0 Å². The maximum absolute atomic E-state index is 12.5. The monoisotopic (exact) mass is 277 g/mol. The number of carbonyl (C=O) groups is 1. The summed E-state index contributed by atoms with van der Waals surface area (Å²) >= 11 is 7.59. The number of hydrogen-bond acceptors (Lipinski definition) is 3. The van der Waals surface area contributed by atoms with Gasteiger partial charge in [0.25, 0.3) is 0 Å². The van der Waals surface area contributed by atoms with E-state index >= 15 is 0 Å². The standard InChI is InChI=1S/C14H12ClNOS/c1-8-2-5-10(12(15)6-8)13(17)11-7-16-18-14(11)9-3-4-9/h2,5-7,9H,3-4H2,1H3. The maximum Gasteiger partial charge on any atom is 0.197 e. The molecule has 1 saturated carbocycles. The normalized spacial score (nSPS) is 14.8. The van der Waals surface area contributed by atoms with Gasteiger partial charge in [0.15, 0.2) is 5.78 Å². The lowest BCUT2D eigenvalue weighted by molar-refractivity contribution is 0.103. The summed E-state index contributed by atoms with van der Waals surface area (Å²) in [7, 11) is 0. The van der Waals surface area contributed by atoms with Gasteiger partial charge in [0.05, 0.1) is 16.8 Å². The zero-order valence-corrected chi connectivity index (χ0v) is 11.5. The minimum atomic E-state index is -0.00403. The van der Waals surface area contributed by atoms with E-state index in [0.717, 1.165) is 16.0 Å². The first-order chi connectivity index (χ1) is 8.66. The number of aryl methyl sites for hydroxylation is 1. The molecule has 0 N–H and O–H groups in total. The van der Waals surface area contributed by atoms with Crippen molar-refractivity contribution in [3.8, 4) is 0 Å². The van der Waals surface area contributed by atoms with Gasteiger partial charge in [-0.3, -0.25) is 4.79 Å². The molecular weight excluding hydrogens is 266 g/mol. The molecule has 18 heavy (non-hydrogen) atoms. The fraction of sp³-hybridized carbons (Fsp3) is 0.286. The van der Waals surface area contributed by atoms with Gasteiger partial charge in [0, 0.05) is 10.4 Å². The molecule has 4 heteroatoms. The summed E-state index contributed by atoms with van der Waals surface area (Å²) in [5.41, 5.74) is 2.36. The number of rotatable bonds is 3. The molecule has 2 nitrogen and oxygen atoms in total. The minimum Gasteiger partial charge on any atom is -0.288 e. The van der Waals surface area contributed by atoms with Crippen molar-refractivity contribution >= 4 is 28.9 Å². The van der Waals surface area contributed by atoms with Crippen LogP contribution in [-0.2, 0) is 0 Å². The predicted octanol–water partition coefficient (Wildman–Crippen LogP) is 4.21. The van der Waals surface area contributed by atoms with Gasteiger partial charge in [-0.1, -0.05) is 17.7 Å². The zero-order chi connectivity index (χ0) is 12.7. The number of hydrogen-bond donors (Lipinski definition) is 0. The highest BCUT2D eigenvalue weighted by Crippen LogP contribution is 2.44. The van der Waals surface area contributed by atoms with E-state index in [9.17, 15) is 4.79 Å². The molecule has 0 unspecified atom stereocenters. The third-order valence-electron chi connectivity index (χ3n) is 3.16. The van der Waals surface area contributed by atoms with Gasteiger partial charge in [-0.15, -0.1) is 0 Å². The van der Waals surface area contributed by atoms with Crippen LogP contribution in [0, 0.1) is 6.92 Å². The zero-order valence-electron chi connectivity index (χ0n) is 9.94. The molecule has 92 valence electrons. The van der Waals surface area contributed by atoms with E-state index in [-0.39, 0.29) is 5.78 Å². The molecule has 0 amide bonds. The average molecular weight is 278 g/mol. The lowest BCUT2D eigenvalue weighted by Crippen LogP contribution is -2.03. The summed E-state index contributed by atoms with van der Waals surface area (Å²) in [6.45, 7) is 1.96.